The standard InChI is InChI=1S/C24H27ClO8/c1-13-8-9-23(30)21(2)12-31-20(29)24(21,16-11-22(13,23)18(27)19(28)32-16)33-17(26)7-6-14-4-3-5-15(25)10-14/h3-5,10,13,16,18,27,30H,6-9,11-12H2,1-2H3/t13-,16-,18+,21+,22+,23+,24-/m1/s1. The van der Waals surface area contributed by atoms with E-state index in [1.54, 1.807) is 25.1 Å². The van der Waals surface area contributed by atoms with Crippen molar-refractivity contribution in [2.24, 2.45) is 16.7 Å². The minimum atomic E-state index is -1.99. The number of aryl methyl sites for hydroxylation is 1. The summed E-state index contributed by atoms with van der Waals surface area (Å²) in [7, 11) is 0. The molecule has 8 nitrogen and oxygen atoms in total. The highest BCUT2D eigenvalue weighted by Crippen LogP contribution is 2.72. The average Bonchev–Trinajstić information content (AvgIpc) is 3.19. The Morgan fingerprint density at radius 3 is 2.82 bits per heavy atom. The quantitative estimate of drug-likeness (QED) is 0.498. The van der Waals surface area contributed by atoms with Gasteiger partial charge >= 0.3 is 17.9 Å². The van der Waals surface area contributed by atoms with Crippen LogP contribution in [-0.4, -0.2) is 58.1 Å². The van der Waals surface area contributed by atoms with E-state index in [1.165, 1.54) is 0 Å². The molecule has 7 atom stereocenters. The number of rotatable bonds is 4. The summed E-state index contributed by atoms with van der Waals surface area (Å²) in [4.78, 5) is 38.9. The molecule has 1 aromatic rings. The van der Waals surface area contributed by atoms with Gasteiger partial charge in [0.2, 0.25) is 0 Å². The van der Waals surface area contributed by atoms with E-state index in [1.807, 2.05) is 13.0 Å². The predicted octanol–water partition coefficient (Wildman–Crippen LogP) is 1.96. The van der Waals surface area contributed by atoms with E-state index in [0.29, 0.717) is 17.9 Å². The molecular weight excluding hydrogens is 452 g/mol. The Kier molecular flexibility index (Phi) is 4.91. The predicted molar refractivity (Wildman–Crippen MR) is 114 cm³/mol. The lowest BCUT2D eigenvalue weighted by atomic mass is 9.44. The molecule has 2 N–H and O–H groups in total. The second-order valence-electron chi connectivity index (χ2n) is 10.1. The van der Waals surface area contributed by atoms with Crippen LogP contribution in [0, 0.1) is 16.7 Å². The lowest BCUT2D eigenvalue weighted by molar-refractivity contribution is -0.322. The van der Waals surface area contributed by atoms with E-state index >= 15 is 0 Å². The van der Waals surface area contributed by atoms with Gasteiger partial charge in [0.1, 0.15) is 6.61 Å². The highest BCUT2D eigenvalue weighted by Gasteiger charge is 2.87. The van der Waals surface area contributed by atoms with Gasteiger partial charge in [0.25, 0.3) is 5.60 Å². The smallest absolute Gasteiger partial charge is 0.355 e. The van der Waals surface area contributed by atoms with Gasteiger partial charge in [-0.3, -0.25) is 4.79 Å². The van der Waals surface area contributed by atoms with Crippen LogP contribution in [0.5, 0.6) is 0 Å². The first kappa shape index (κ1) is 22.6. The number of fused-ring (bicyclic) bond motifs is 4. The summed E-state index contributed by atoms with van der Waals surface area (Å²) in [6.45, 7) is 3.30. The summed E-state index contributed by atoms with van der Waals surface area (Å²) in [5, 5.41) is 23.6. The maximum atomic E-state index is 13.2. The lowest BCUT2D eigenvalue weighted by Crippen LogP contribution is -2.81. The summed E-state index contributed by atoms with van der Waals surface area (Å²) < 4.78 is 16.8. The van der Waals surface area contributed by atoms with E-state index in [0.717, 1.165) is 5.56 Å². The Bertz CT molecular complexity index is 1040. The van der Waals surface area contributed by atoms with Crippen LogP contribution >= 0.6 is 11.6 Å². The van der Waals surface area contributed by atoms with Crippen molar-refractivity contribution in [1.29, 1.82) is 0 Å². The van der Waals surface area contributed by atoms with Crippen LogP contribution < -0.4 is 0 Å². The molecule has 2 saturated heterocycles. The first-order chi connectivity index (χ1) is 15.5. The summed E-state index contributed by atoms with van der Waals surface area (Å²) in [5.74, 6) is -2.65. The largest absolute Gasteiger partial charge is 0.462 e. The molecule has 4 fully saturated rings. The van der Waals surface area contributed by atoms with Gasteiger partial charge in [-0.05, 0) is 49.8 Å². The van der Waals surface area contributed by atoms with E-state index < -0.39 is 52.1 Å². The first-order valence-corrected chi connectivity index (χ1v) is 11.6. The SMILES string of the molecule is C[C@@H]1CC[C@@]2(O)[C@@]13C[C@@H](OC(=O)[C@@H]3O)[C@@]1(OC(=O)CCc3cccc(Cl)c3)C(=O)OC[C@@]21C. The molecule has 1 spiro atoms. The minimum absolute atomic E-state index is 0.00381. The maximum absolute atomic E-state index is 13.2. The fourth-order valence-corrected chi connectivity index (χ4v) is 7.25. The number of hydrogen-bond donors (Lipinski definition) is 2. The molecule has 5 rings (SSSR count). The van der Waals surface area contributed by atoms with Crippen LogP contribution in [0.1, 0.15) is 45.1 Å². The number of esters is 3. The van der Waals surface area contributed by atoms with Gasteiger partial charge in [0.15, 0.2) is 12.2 Å². The number of benzene rings is 1. The summed E-state index contributed by atoms with van der Waals surface area (Å²) >= 11 is 6.01. The second kappa shape index (κ2) is 7.17. The van der Waals surface area contributed by atoms with Crippen molar-refractivity contribution in [3.63, 3.8) is 0 Å². The second-order valence-corrected chi connectivity index (χ2v) is 10.6. The molecule has 2 heterocycles. The third-order valence-corrected chi connectivity index (χ3v) is 9.08. The summed E-state index contributed by atoms with van der Waals surface area (Å²) in [6.07, 6.45) is -1.64. The molecule has 1 aromatic carbocycles. The van der Waals surface area contributed by atoms with Crippen LogP contribution in [0.3, 0.4) is 0 Å². The molecule has 178 valence electrons. The fourth-order valence-electron chi connectivity index (χ4n) is 7.03. The monoisotopic (exact) mass is 478 g/mol. The van der Waals surface area contributed by atoms with Crippen LogP contribution in [0.25, 0.3) is 0 Å². The number of carbonyl (C=O) groups excluding carboxylic acids is 3. The molecular formula is C24H27ClO8. The highest BCUT2D eigenvalue weighted by molar-refractivity contribution is 6.30. The van der Waals surface area contributed by atoms with Gasteiger partial charge in [-0.2, -0.15) is 0 Å². The van der Waals surface area contributed by atoms with E-state index in [2.05, 4.69) is 0 Å². The van der Waals surface area contributed by atoms with Crippen LogP contribution in [0.15, 0.2) is 24.3 Å². The Labute approximate surface area is 196 Å². The molecule has 0 unspecified atom stereocenters. The number of ether oxygens (including phenoxy) is 3. The van der Waals surface area contributed by atoms with Gasteiger partial charge in [-0.25, -0.2) is 9.59 Å². The number of cyclic esters (lactones) is 1. The zero-order valence-corrected chi connectivity index (χ0v) is 19.3. The molecule has 0 aromatic heterocycles. The number of hydrogen-bond acceptors (Lipinski definition) is 8. The van der Waals surface area contributed by atoms with Crippen molar-refractivity contribution in [2.45, 2.75) is 69.4 Å². The van der Waals surface area contributed by atoms with Gasteiger partial charge in [0, 0.05) is 23.3 Å². The van der Waals surface area contributed by atoms with Crippen molar-refractivity contribution in [2.75, 3.05) is 6.61 Å². The molecule has 2 aliphatic carbocycles. The highest BCUT2D eigenvalue weighted by atomic mass is 35.5. The van der Waals surface area contributed by atoms with E-state index in [4.69, 9.17) is 25.8 Å². The van der Waals surface area contributed by atoms with E-state index in [9.17, 15) is 24.6 Å². The van der Waals surface area contributed by atoms with Crippen molar-refractivity contribution in [1.82, 2.24) is 0 Å². The van der Waals surface area contributed by atoms with Gasteiger partial charge in [-0.1, -0.05) is 30.7 Å². The molecule has 9 heteroatoms. The normalized spacial score (nSPS) is 43.4. The van der Waals surface area contributed by atoms with Gasteiger partial charge in [-0.15, -0.1) is 0 Å². The maximum Gasteiger partial charge on any atom is 0.355 e. The molecule has 4 aliphatic rings. The zero-order valence-electron chi connectivity index (χ0n) is 18.5. The lowest BCUT2D eigenvalue weighted by Gasteiger charge is -2.64. The topological polar surface area (TPSA) is 119 Å². The van der Waals surface area contributed by atoms with Crippen LogP contribution in [0.4, 0.5) is 0 Å². The summed E-state index contributed by atoms with van der Waals surface area (Å²) in [6, 6.07) is 7.07. The molecule has 0 radical (unpaired) electrons. The Balaban J connectivity index is 1.52. The molecule has 2 bridgehead atoms. The number of halogens is 1. The molecule has 0 amide bonds. The minimum Gasteiger partial charge on any atom is -0.462 e. The van der Waals surface area contributed by atoms with Gasteiger partial charge in [0.05, 0.1) is 11.0 Å². The third-order valence-electron chi connectivity index (χ3n) is 8.84. The van der Waals surface area contributed by atoms with E-state index in [-0.39, 0.29) is 31.8 Å². The Hall–Kier alpha value is -2.16. The average molecular weight is 479 g/mol. The number of aliphatic hydroxyl groups excluding tert-OH is 1. The molecule has 33 heavy (non-hydrogen) atoms. The Morgan fingerprint density at radius 2 is 2.09 bits per heavy atom. The fraction of sp³-hybridized carbons (Fsp3) is 0.625. The number of carbonyl (C=O) groups is 3. The first-order valence-electron chi connectivity index (χ1n) is 11.3. The number of aliphatic hydroxyl groups is 2. The zero-order chi connectivity index (χ0) is 23.8. The van der Waals surface area contributed by atoms with Crippen molar-refractivity contribution in [3.8, 4) is 0 Å². The van der Waals surface area contributed by atoms with Crippen molar-refractivity contribution in [3.05, 3.63) is 34.9 Å². The third kappa shape index (κ3) is 2.63. The van der Waals surface area contributed by atoms with Crippen LogP contribution in [-0.2, 0) is 35.0 Å². The van der Waals surface area contributed by atoms with Crippen LogP contribution in [0.2, 0.25) is 5.02 Å². The van der Waals surface area contributed by atoms with Crippen molar-refractivity contribution < 1.29 is 38.8 Å². The Morgan fingerprint density at radius 1 is 1.33 bits per heavy atom. The molecule has 2 aliphatic heterocycles. The summed E-state index contributed by atoms with van der Waals surface area (Å²) in [5.41, 5.74) is -5.46. The van der Waals surface area contributed by atoms with Gasteiger partial charge < -0.3 is 24.4 Å². The molecule has 2 saturated carbocycles. The van der Waals surface area contributed by atoms with Crippen molar-refractivity contribution >= 4 is 29.5 Å².